The van der Waals surface area contributed by atoms with Gasteiger partial charge in [0.1, 0.15) is 0 Å². The van der Waals surface area contributed by atoms with Gasteiger partial charge in [0.2, 0.25) is 12.3 Å². The van der Waals surface area contributed by atoms with E-state index in [1.807, 2.05) is 31.2 Å². The van der Waals surface area contributed by atoms with Crippen LogP contribution in [0.1, 0.15) is 6.92 Å². The molecule has 0 fully saturated rings. The molecule has 1 aromatic carbocycles. The second-order valence-corrected chi connectivity index (χ2v) is 3.61. The fourth-order valence-corrected chi connectivity index (χ4v) is 1.38. The fraction of sp³-hybridized carbons (Fsp3) is 0.273. The van der Waals surface area contributed by atoms with Crippen LogP contribution in [0.5, 0.6) is 0 Å². The standard InChI is InChI=1S/C11H14N4O/c1-8(6-12)14-10-4-2-3-9(5-10)11-15-13-7-16-11/h2-5,7-8,14H,6,12H2,1H3. The van der Waals surface area contributed by atoms with Crippen molar-refractivity contribution >= 4 is 5.69 Å². The number of hydrogen-bond acceptors (Lipinski definition) is 5. The number of nitrogens with one attached hydrogen (secondary N) is 1. The molecule has 0 spiro atoms. The molecule has 0 amide bonds. The molecule has 5 heteroatoms. The second kappa shape index (κ2) is 4.76. The molecule has 3 N–H and O–H groups in total. The predicted molar refractivity (Wildman–Crippen MR) is 61.9 cm³/mol. The van der Waals surface area contributed by atoms with Crippen molar-refractivity contribution in [3.05, 3.63) is 30.7 Å². The quantitative estimate of drug-likeness (QED) is 0.813. The Bertz CT molecular complexity index is 441. The minimum atomic E-state index is 0.234. The number of hydrogen-bond donors (Lipinski definition) is 2. The molecule has 0 saturated carbocycles. The van der Waals surface area contributed by atoms with Crippen LogP contribution in [0, 0.1) is 0 Å². The van der Waals surface area contributed by atoms with E-state index in [2.05, 4.69) is 15.5 Å². The van der Waals surface area contributed by atoms with Gasteiger partial charge in [-0.25, -0.2) is 0 Å². The first-order valence-corrected chi connectivity index (χ1v) is 5.13. The Morgan fingerprint density at radius 3 is 3.06 bits per heavy atom. The molecule has 0 saturated heterocycles. The van der Waals surface area contributed by atoms with E-state index in [-0.39, 0.29) is 6.04 Å². The van der Waals surface area contributed by atoms with Gasteiger partial charge in [-0.2, -0.15) is 0 Å². The highest BCUT2D eigenvalue weighted by Gasteiger charge is 2.05. The normalized spacial score (nSPS) is 12.4. The van der Waals surface area contributed by atoms with Gasteiger partial charge in [-0.05, 0) is 25.1 Å². The number of nitrogens with zero attached hydrogens (tertiary/aromatic N) is 2. The summed E-state index contributed by atoms with van der Waals surface area (Å²) in [5, 5.41) is 10.8. The maximum atomic E-state index is 5.55. The van der Waals surface area contributed by atoms with Crippen LogP contribution in [0.2, 0.25) is 0 Å². The van der Waals surface area contributed by atoms with Crippen LogP contribution < -0.4 is 11.1 Å². The summed E-state index contributed by atoms with van der Waals surface area (Å²) in [7, 11) is 0. The van der Waals surface area contributed by atoms with Gasteiger partial charge in [0.25, 0.3) is 0 Å². The molecule has 0 aliphatic rings. The van der Waals surface area contributed by atoms with Gasteiger partial charge >= 0.3 is 0 Å². The van der Waals surface area contributed by atoms with Gasteiger partial charge in [-0.1, -0.05) is 6.07 Å². The Morgan fingerprint density at radius 1 is 1.50 bits per heavy atom. The van der Waals surface area contributed by atoms with Crippen LogP contribution in [0.25, 0.3) is 11.5 Å². The van der Waals surface area contributed by atoms with Crippen LogP contribution in [0.4, 0.5) is 5.69 Å². The largest absolute Gasteiger partial charge is 0.423 e. The van der Waals surface area contributed by atoms with Gasteiger partial charge in [0.05, 0.1) is 0 Å². The molecule has 0 bridgehead atoms. The summed E-state index contributed by atoms with van der Waals surface area (Å²) >= 11 is 0. The Hall–Kier alpha value is -1.88. The SMILES string of the molecule is CC(CN)Nc1cccc(-c2nnco2)c1. The smallest absolute Gasteiger partial charge is 0.247 e. The lowest BCUT2D eigenvalue weighted by atomic mass is 10.2. The molecular weight excluding hydrogens is 204 g/mol. The monoisotopic (exact) mass is 218 g/mol. The van der Waals surface area contributed by atoms with Crippen molar-refractivity contribution in [3.8, 4) is 11.5 Å². The number of benzene rings is 1. The third-order valence-corrected chi connectivity index (χ3v) is 2.24. The third-order valence-electron chi connectivity index (χ3n) is 2.24. The Kier molecular flexibility index (Phi) is 3.16. The zero-order valence-electron chi connectivity index (χ0n) is 9.05. The summed E-state index contributed by atoms with van der Waals surface area (Å²) in [5.41, 5.74) is 7.44. The Morgan fingerprint density at radius 2 is 2.38 bits per heavy atom. The summed E-state index contributed by atoms with van der Waals surface area (Å²) in [6.07, 6.45) is 1.32. The lowest BCUT2D eigenvalue weighted by molar-refractivity contribution is 0.568. The molecule has 84 valence electrons. The van der Waals surface area contributed by atoms with Crippen molar-refractivity contribution in [2.45, 2.75) is 13.0 Å². The number of aromatic nitrogens is 2. The van der Waals surface area contributed by atoms with Crippen LogP contribution in [-0.4, -0.2) is 22.8 Å². The van der Waals surface area contributed by atoms with Crippen molar-refractivity contribution in [3.63, 3.8) is 0 Å². The lowest BCUT2D eigenvalue weighted by Gasteiger charge is -2.12. The molecule has 0 aliphatic carbocycles. The third kappa shape index (κ3) is 2.38. The number of rotatable bonds is 4. The van der Waals surface area contributed by atoms with E-state index < -0.39 is 0 Å². The van der Waals surface area contributed by atoms with Gasteiger partial charge in [-0.15, -0.1) is 10.2 Å². The van der Waals surface area contributed by atoms with Crippen molar-refractivity contribution in [2.24, 2.45) is 5.73 Å². The van der Waals surface area contributed by atoms with Gasteiger partial charge < -0.3 is 15.5 Å². The van der Waals surface area contributed by atoms with Crippen molar-refractivity contribution in [2.75, 3.05) is 11.9 Å². The summed E-state index contributed by atoms with van der Waals surface area (Å²) in [5.74, 6) is 0.518. The lowest BCUT2D eigenvalue weighted by Crippen LogP contribution is -2.25. The van der Waals surface area contributed by atoms with Gasteiger partial charge in [0, 0.05) is 23.8 Å². The number of nitrogens with two attached hydrogens (primary N) is 1. The molecule has 16 heavy (non-hydrogen) atoms. The van der Waals surface area contributed by atoms with E-state index in [1.165, 1.54) is 6.39 Å². The molecule has 1 unspecified atom stereocenters. The van der Waals surface area contributed by atoms with Gasteiger partial charge in [0.15, 0.2) is 0 Å². The van der Waals surface area contributed by atoms with E-state index >= 15 is 0 Å². The van der Waals surface area contributed by atoms with E-state index in [1.54, 1.807) is 0 Å². The molecule has 0 aliphatic heterocycles. The molecular formula is C11H14N4O. The molecule has 2 rings (SSSR count). The van der Waals surface area contributed by atoms with Crippen LogP contribution in [0.3, 0.4) is 0 Å². The average Bonchev–Trinajstić information content (AvgIpc) is 2.83. The van der Waals surface area contributed by atoms with Crippen LogP contribution in [-0.2, 0) is 0 Å². The summed E-state index contributed by atoms with van der Waals surface area (Å²) in [4.78, 5) is 0. The zero-order chi connectivity index (χ0) is 11.4. The highest BCUT2D eigenvalue weighted by molar-refractivity contribution is 5.61. The molecule has 2 aromatic rings. The first kappa shape index (κ1) is 10.6. The average molecular weight is 218 g/mol. The summed E-state index contributed by atoms with van der Waals surface area (Å²) in [6, 6.07) is 8.03. The molecule has 5 nitrogen and oxygen atoms in total. The Balaban J connectivity index is 2.20. The molecule has 1 atom stereocenters. The fourth-order valence-electron chi connectivity index (χ4n) is 1.38. The van der Waals surface area contributed by atoms with Crippen molar-refractivity contribution in [1.82, 2.24) is 10.2 Å². The van der Waals surface area contributed by atoms with E-state index in [0.29, 0.717) is 12.4 Å². The predicted octanol–water partition coefficient (Wildman–Crippen LogP) is 1.50. The highest BCUT2D eigenvalue weighted by Crippen LogP contribution is 2.20. The van der Waals surface area contributed by atoms with Crippen molar-refractivity contribution < 1.29 is 4.42 Å². The molecule has 1 aromatic heterocycles. The maximum absolute atomic E-state index is 5.55. The van der Waals surface area contributed by atoms with Crippen LogP contribution >= 0.6 is 0 Å². The minimum absolute atomic E-state index is 0.234. The molecule has 0 radical (unpaired) electrons. The maximum Gasteiger partial charge on any atom is 0.247 e. The molecule has 1 heterocycles. The second-order valence-electron chi connectivity index (χ2n) is 3.61. The van der Waals surface area contributed by atoms with Crippen LogP contribution in [0.15, 0.2) is 35.1 Å². The van der Waals surface area contributed by atoms with Crippen molar-refractivity contribution in [1.29, 1.82) is 0 Å². The summed E-state index contributed by atoms with van der Waals surface area (Å²) < 4.78 is 5.13. The van der Waals surface area contributed by atoms with E-state index in [9.17, 15) is 0 Å². The summed E-state index contributed by atoms with van der Waals surface area (Å²) in [6.45, 7) is 2.62. The first-order chi connectivity index (χ1) is 7.79. The highest BCUT2D eigenvalue weighted by atomic mass is 16.4. The van der Waals surface area contributed by atoms with Gasteiger partial charge in [-0.3, -0.25) is 0 Å². The minimum Gasteiger partial charge on any atom is -0.423 e. The topological polar surface area (TPSA) is 77.0 Å². The first-order valence-electron chi connectivity index (χ1n) is 5.13. The van der Waals surface area contributed by atoms with E-state index in [4.69, 9.17) is 10.2 Å². The zero-order valence-corrected chi connectivity index (χ0v) is 9.05. The Labute approximate surface area is 93.7 Å². The van der Waals surface area contributed by atoms with E-state index in [0.717, 1.165) is 11.3 Å². The number of anilines is 1.